The number of guanidine groups is 1. The van der Waals surface area contributed by atoms with Gasteiger partial charge in [0.05, 0.1) is 36.4 Å². The number of aliphatic imine (C=N–C) groups is 1. The number of hydrogen-bond acceptors (Lipinski definition) is 8. The third-order valence-electron chi connectivity index (χ3n) is 6.05. The standard InChI is InChI=1S/C26H29N5O9/c1-30(13-20(32)31(2)18(24(36)37)12-21(33)34)23(35)17-6-3-7-19-22(17)39-10-4-5-14-11-15(29-26(27)28)8-9-16(14)25(38)40-19/h3,6-9,11,18H,4-5,10,12-13H2,1-2H3,(H,33,34)(H,36,37)(H4,27,28,29). The first-order valence-electron chi connectivity index (χ1n) is 12.0. The second kappa shape index (κ2) is 12.6. The average Bonchev–Trinajstić information content (AvgIpc) is 2.88. The number of benzene rings is 2. The van der Waals surface area contributed by atoms with E-state index in [1.165, 1.54) is 25.2 Å². The first-order valence-corrected chi connectivity index (χ1v) is 12.0. The Bertz CT molecular complexity index is 1370. The molecule has 0 saturated heterocycles. The molecule has 0 saturated carbocycles. The predicted octanol–water partition coefficient (Wildman–Crippen LogP) is 0.594. The number of nitrogens with two attached hydrogens (primary N) is 2. The van der Waals surface area contributed by atoms with Crippen molar-refractivity contribution in [1.29, 1.82) is 0 Å². The Labute approximate surface area is 228 Å². The van der Waals surface area contributed by atoms with Gasteiger partial charge in [-0.05, 0) is 48.7 Å². The van der Waals surface area contributed by atoms with Crippen LogP contribution in [0.5, 0.6) is 11.5 Å². The Kier molecular flexibility index (Phi) is 9.27. The number of rotatable bonds is 8. The fourth-order valence-electron chi connectivity index (χ4n) is 4.03. The molecule has 2 amide bonds. The quantitative estimate of drug-likeness (QED) is 0.153. The Morgan fingerprint density at radius 1 is 1.10 bits per heavy atom. The van der Waals surface area contributed by atoms with Gasteiger partial charge in [-0.15, -0.1) is 0 Å². The van der Waals surface area contributed by atoms with Crippen LogP contribution in [0.2, 0.25) is 0 Å². The van der Waals surface area contributed by atoms with Gasteiger partial charge in [-0.2, -0.15) is 0 Å². The number of aryl methyl sites for hydroxylation is 1. The van der Waals surface area contributed by atoms with Crippen LogP contribution in [0, 0.1) is 0 Å². The lowest BCUT2D eigenvalue weighted by Crippen LogP contribution is -2.48. The fourth-order valence-corrected chi connectivity index (χ4v) is 4.03. The zero-order valence-electron chi connectivity index (χ0n) is 21.8. The molecule has 0 spiro atoms. The summed E-state index contributed by atoms with van der Waals surface area (Å²) in [4.78, 5) is 67.3. The van der Waals surface area contributed by atoms with Crippen molar-refractivity contribution in [2.24, 2.45) is 16.5 Å². The minimum absolute atomic E-state index is 0.00312. The smallest absolute Gasteiger partial charge is 0.343 e. The zero-order valence-corrected chi connectivity index (χ0v) is 21.8. The third-order valence-corrected chi connectivity index (χ3v) is 6.05. The maximum absolute atomic E-state index is 13.3. The molecule has 6 N–H and O–H groups in total. The summed E-state index contributed by atoms with van der Waals surface area (Å²) in [6.07, 6.45) is 0.0811. The molecular formula is C26H29N5O9. The van der Waals surface area contributed by atoms with Crippen LogP contribution in [-0.2, 0) is 20.8 Å². The number of carboxylic acid groups (broad SMARTS) is 2. The highest BCUT2D eigenvalue weighted by molar-refractivity contribution is 6.00. The van der Waals surface area contributed by atoms with Gasteiger partial charge in [0.15, 0.2) is 17.5 Å². The lowest BCUT2D eigenvalue weighted by Gasteiger charge is -2.26. The summed E-state index contributed by atoms with van der Waals surface area (Å²) >= 11 is 0. The first kappa shape index (κ1) is 29.4. The van der Waals surface area contributed by atoms with Gasteiger partial charge in [0.2, 0.25) is 5.91 Å². The summed E-state index contributed by atoms with van der Waals surface area (Å²) in [6.45, 7) is -0.393. The van der Waals surface area contributed by atoms with Crippen molar-refractivity contribution >= 4 is 41.4 Å². The molecule has 0 fully saturated rings. The number of esters is 1. The van der Waals surface area contributed by atoms with Crippen LogP contribution in [0.3, 0.4) is 0 Å². The Hall–Kier alpha value is -5.14. The van der Waals surface area contributed by atoms with Gasteiger partial charge < -0.3 is 41.0 Å². The minimum atomic E-state index is -1.61. The van der Waals surface area contributed by atoms with E-state index in [4.69, 9.17) is 26.0 Å². The predicted molar refractivity (Wildman–Crippen MR) is 141 cm³/mol. The highest BCUT2D eigenvalue weighted by Gasteiger charge is 2.31. The number of ether oxygens (including phenoxy) is 2. The van der Waals surface area contributed by atoms with Crippen molar-refractivity contribution in [3.8, 4) is 11.5 Å². The number of carbonyl (C=O) groups excluding carboxylic acids is 3. The van der Waals surface area contributed by atoms with Crippen molar-refractivity contribution in [1.82, 2.24) is 9.80 Å². The largest absolute Gasteiger partial charge is 0.489 e. The minimum Gasteiger partial charge on any atom is -0.489 e. The maximum atomic E-state index is 13.3. The Morgan fingerprint density at radius 2 is 1.82 bits per heavy atom. The van der Waals surface area contributed by atoms with Gasteiger partial charge in [-0.3, -0.25) is 14.4 Å². The van der Waals surface area contributed by atoms with E-state index < -0.39 is 48.7 Å². The maximum Gasteiger partial charge on any atom is 0.343 e. The molecule has 212 valence electrons. The molecule has 1 heterocycles. The average molecular weight is 556 g/mol. The molecule has 0 bridgehead atoms. The Balaban J connectivity index is 1.84. The molecule has 1 aliphatic rings. The molecule has 14 nitrogen and oxygen atoms in total. The molecule has 2 aromatic carbocycles. The topological polar surface area (TPSA) is 215 Å². The van der Waals surface area contributed by atoms with E-state index in [0.29, 0.717) is 29.7 Å². The Morgan fingerprint density at radius 3 is 2.48 bits per heavy atom. The number of fused-ring (bicyclic) bond motifs is 2. The number of likely N-dealkylation sites (N-methyl/N-ethyl adjacent to an activating group) is 2. The lowest BCUT2D eigenvalue weighted by molar-refractivity contribution is -0.153. The highest BCUT2D eigenvalue weighted by Crippen LogP contribution is 2.34. The van der Waals surface area contributed by atoms with E-state index in [1.54, 1.807) is 18.2 Å². The summed E-state index contributed by atoms with van der Waals surface area (Å²) in [5, 5.41) is 18.3. The summed E-state index contributed by atoms with van der Waals surface area (Å²) in [6, 6.07) is 7.55. The van der Waals surface area contributed by atoms with Gasteiger partial charge in [-0.25, -0.2) is 14.6 Å². The van der Waals surface area contributed by atoms with E-state index in [-0.39, 0.29) is 29.6 Å². The second-order valence-electron chi connectivity index (χ2n) is 8.97. The van der Waals surface area contributed by atoms with Crippen LogP contribution in [0.1, 0.15) is 39.1 Å². The van der Waals surface area contributed by atoms with Crippen LogP contribution in [0.15, 0.2) is 41.4 Å². The summed E-state index contributed by atoms with van der Waals surface area (Å²) in [5.74, 6) is -5.17. The van der Waals surface area contributed by atoms with Gasteiger partial charge in [0.25, 0.3) is 5.91 Å². The first-order chi connectivity index (χ1) is 18.9. The molecule has 0 radical (unpaired) electrons. The molecular weight excluding hydrogens is 526 g/mol. The van der Waals surface area contributed by atoms with Crippen LogP contribution in [0.25, 0.3) is 0 Å². The van der Waals surface area contributed by atoms with Crippen molar-refractivity contribution < 1.29 is 43.7 Å². The van der Waals surface area contributed by atoms with Crippen LogP contribution < -0.4 is 20.9 Å². The molecule has 1 unspecified atom stereocenters. The number of aliphatic carboxylic acids is 2. The second-order valence-corrected chi connectivity index (χ2v) is 8.97. The fraction of sp³-hybridized carbons (Fsp3) is 0.308. The van der Waals surface area contributed by atoms with Gasteiger partial charge >= 0.3 is 17.9 Å². The molecule has 40 heavy (non-hydrogen) atoms. The van der Waals surface area contributed by atoms with Crippen LogP contribution >= 0.6 is 0 Å². The van der Waals surface area contributed by atoms with E-state index in [1.807, 2.05) is 0 Å². The van der Waals surface area contributed by atoms with E-state index in [9.17, 15) is 29.1 Å². The highest BCUT2D eigenvalue weighted by atomic mass is 16.6. The molecule has 1 aliphatic heterocycles. The van der Waals surface area contributed by atoms with E-state index in [2.05, 4.69) is 4.99 Å². The lowest BCUT2D eigenvalue weighted by atomic mass is 10.0. The molecule has 0 aliphatic carbocycles. The number of nitrogens with zero attached hydrogens (tertiary/aromatic N) is 3. The SMILES string of the molecule is CN(CC(=O)N(C)C(CC(=O)O)C(=O)O)C(=O)c1cccc2c1OCCCc1cc(N=C(N)N)ccc1C(=O)O2. The summed E-state index contributed by atoms with van der Waals surface area (Å²) < 4.78 is 11.4. The molecule has 14 heteroatoms. The van der Waals surface area contributed by atoms with Gasteiger partial charge in [0.1, 0.15) is 6.04 Å². The van der Waals surface area contributed by atoms with Gasteiger partial charge in [-0.1, -0.05) is 6.07 Å². The molecule has 2 aromatic rings. The van der Waals surface area contributed by atoms with E-state index >= 15 is 0 Å². The van der Waals surface area contributed by atoms with Crippen LogP contribution in [-0.4, -0.2) is 89.0 Å². The third kappa shape index (κ3) is 7.03. The molecule has 0 aromatic heterocycles. The number of amides is 2. The van der Waals surface area contributed by atoms with Crippen molar-refractivity contribution in [3.05, 3.63) is 53.1 Å². The van der Waals surface area contributed by atoms with E-state index in [0.717, 1.165) is 16.8 Å². The van der Waals surface area contributed by atoms with Crippen molar-refractivity contribution in [3.63, 3.8) is 0 Å². The molecule has 1 atom stereocenters. The number of carboxylic acids is 2. The summed E-state index contributed by atoms with van der Waals surface area (Å²) in [7, 11) is 2.46. The van der Waals surface area contributed by atoms with Gasteiger partial charge in [0, 0.05) is 14.1 Å². The number of para-hydroxylation sites is 1. The normalized spacial score (nSPS) is 13.3. The number of carbonyl (C=O) groups is 5. The number of hydrogen-bond donors (Lipinski definition) is 4. The zero-order chi connectivity index (χ0) is 29.6. The van der Waals surface area contributed by atoms with Crippen molar-refractivity contribution in [2.75, 3.05) is 27.2 Å². The summed E-state index contributed by atoms with van der Waals surface area (Å²) in [5.41, 5.74) is 12.3. The van der Waals surface area contributed by atoms with Crippen LogP contribution in [0.4, 0.5) is 5.69 Å². The molecule has 3 rings (SSSR count). The monoisotopic (exact) mass is 555 g/mol. The van der Waals surface area contributed by atoms with Crippen molar-refractivity contribution in [2.45, 2.75) is 25.3 Å².